The van der Waals surface area contributed by atoms with Crippen LogP contribution in [-0.2, 0) is 0 Å². The van der Waals surface area contributed by atoms with E-state index < -0.39 is 0 Å². The average molecular weight is 318 g/mol. The van der Waals surface area contributed by atoms with Gasteiger partial charge < -0.3 is 10.5 Å². The van der Waals surface area contributed by atoms with Gasteiger partial charge in [0.1, 0.15) is 5.75 Å². The third-order valence-corrected chi connectivity index (χ3v) is 4.19. The van der Waals surface area contributed by atoms with E-state index >= 15 is 0 Å². The lowest BCUT2D eigenvalue weighted by molar-refractivity contribution is 0.303. The van der Waals surface area contributed by atoms with E-state index in [1.165, 1.54) is 11.1 Å². The maximum Gasteiger partial charge on any atom is 0.119 e. The number of hydrogen-bond donors (Lipinski definition) is 1. The molecule has 0 fully saturated rings. The molecule has 0 aliphatic rings. The molecule has 2 N–H and O–H groups in total. The molecular formula is C19H24ClNO. The molecule has 0 amide bonds. The van der Waals surface area contributed by atoms with Crippen LogP contribution in [0.5, 0.6) is 5.75 Å². The molecule has 0 aliphatic heterocycles. The van der Waals surface area contributed by atoms with Crippen molar-refractivity contribution in [3.8, 4) is 5.75 Å². The normalized spacial score (nSPS) is 12.1. The summed E-state index contributed by atoms with van der Waals surface area (Å²) in [7, 11) is 0. The minimum atomic E-state index is 0.441. The van der Waals surface area contributed by atoms with Gasteiger partial charge in [0.05, 0.1) is 6.61 Å². The first-order chi connectivity index (χ1) is 10.7. The van der Waals surface area contributed by atoms with Crippen LogP contribution in [0, 0.1) is 6.92 Å². The third kappa shape index (κ3) is 5.04. The van der Waals surface area contributed by atoms with Gasteiger partial charge in [-0.2, -0.15) is 0 Å². The number of unbranched alkanes of at least 4 members (excludes halogenated alkanes) is 1. The Kier molecular flexibility index (Phi) is 6.75. The van der Waals surface area contributed by atoms with Gasteiger partial charge in [-0.05, 0) is 74.0 Å². The van der Waals surface area contributed by atoms with E-state index in [1.807, 2.05) is 24.3 Å². The van der Waals surface area contributed by atoms with Crippen molar-refractivity contribution in [1.82, 2.24) is 0 Å². The molecule has 0 aromatic heterocycles. The van der Waals surface area contributed by atoms with Crippen molar-refractivity contribution in [2.45, 2.75) is 32.1 Å². The van der Waals surface area contributed by atoms with E-state index in [-0.39, 0.29) is 0 Å². The minimum absolute atomic E-state index is 0.441. The molecule has 118 valence electrons. The second kappa shape index (κ2) is 8.82. The summed E-state index contributed by atoms with van der Waals surface area (Å²) < 4.78 is 5.72. The highest BCUT2D eigenvalue weighted by atomic mass is 35.5. The van der Waals surface area contributed by atoms with Gasteiger partial charge in [0.15, 0.2) is 0 Å². The minimum Gasteiger partial charge on any atom is -0.494 e. The van der Waals surface area contributed by atoms with Gasteiger partial charge in [0.25, 0.3) is 0 Å². The zero-order valence-corrected chi connectivity index (χ0v) is 13.9. The Bertz CT molecular complexity index is 568. The van der Waals surface area contributed by atoms with Crippen molar-refractivity contribution in [1.29, 1.82) is 0 Å². The summed E-state index contributed by atoms with van der Waals surface area (Å²) in [6.07, 6.45) is 3.25. The Hall–Kier alpha value is -1.51. The van der Waals surface area contributed by atoms with E-state index in [0.717, 1.165) is 36.6 Å². The predicted molar refractivity (Wildman–Crippen MR) is 93.8 cm³/mol. The van der Waals surface area contributed by atoms with Crippen LogP contribution in [0.15, 0.2) is 48.5 Å². The van der Waals surface area contributed by atoms with Crippen molar-refractivity contribution in [2.75, 3.05) is 13.2 Å². The second-order valence-electron chi connectivity index (χ2n) is 5.59. The highest BCUT2D eigenvalue weighted by Crippen LogP contribution is 2.24. The Balaban J connectivity index is 1.73. The molecule has 0 bridgehead atoms. The number of halogens is 1. The lowest BCUT2D eigenvalue weighted by atomic mass is 9.90. The monoisotopic (exact) mass is 317 g/mol. The Morgan fingerprint density at radius 1 is 1.05 bits per heavy atom. The summed E-state index contributed by atoms with van der Waals surface area (Å²) in [6.45, 7) is 3.58. The average Bonchev–Trinajstić information content (AvgIpc) is 2.54. The quantitative estimate of drug-likeness (QED) is 0.700. The van der Waals surface area contributed by atoms with Gasteiger partial charge in [0.2, 0.25) is 0 Å². The van der Waals surface area contributed by atoms with Crippen molar-refractivity contribution < 1.29 is 4.74 Å². The smallest absolute Gasteiger partial charge is 0.119 e. The number of benzene rings is 2. The van der Waals surface area contributed by atoms with Gasteiger partial charge in [-0.1, -0.05) is 35.9 Å². The third-order valence-electron chi connectivity index (χ3n) is 3.94. The molecule has 1 unspecified atom stereocenters. The molecule has 2 aromatic carbocycles. The lowest BCUT2D eigenvalue weighted by Gasteiger charge is -2.17. The van der Waals surface area contributed by atoms with Gasteiger partial charge >= 0.3 is 0 Å². The van der Waals surface area contributed by atoms with Crippen LogP contribution in [0.1, 0.15) is 36.3 Å². The van der Waals surface area contributed by atoms with Gasteiger partial charge in [-0.25, -0.2) is 0 Å². The van der Waals surface area contributed by atoms with Crippen LogP contribution in [-0.4, -0.2) is 13.2 Å². The topological polar surface area (TPSA) is 35.2 Å². The lowest BCUT2D eigenvalue weighted by Crippen LogP contribution is -2.14. The van der Waals surface area contributed by atoms with Crippen LogP contribution < -0.4 is 10.5 Å². The molecule has 2 nitrogen and oxygen atoms in total. The standard InChI is InChI=1S/C19H24ClNO/c1-15-6-2-3-8-19(15)16(14-21)7-4-5-13-22-18-11-9-17(20)10-12-18/h2-3,6,8-12,16H,4-5,7,13-14,21H2,1H3. The molecule has 0 saturated carbocycles. The second-order valence-corrected chi connectivity index (χ2v) is 6.02. The molecular weight excluding hydrogens is 294 g/mol. The fourth-order valence-electron chi connectivity index (χ4n) is 2.66. The zero-order valence-electron chi connectivity index (χ0n) is 13.1. The molecule has 0 aliphatic carbocycles. The summed E-state index contributed by atoms with van der Waals surface area (Å²) in [5.41, 5.74) is 8.66. The SMILES string of the molecule is Cc1ccccc1C(CN)CCCCOc1ccc(Cl)cc1. The van der Waals surface area contributed by atoms with Crippen LogP contribution in [0.3, 0.4) is 0 Å². The molecule has 1 atom stereocenters. The van der Waals surface area contributed by atoms with Gasteiger partial charge in [0, 0.05) is 5.02 Å². The maximum absolute atomic E-state index is 5.95. The van der Waals surface area contributed by atoms with E-state index in [9.17, 15) is 0 Å². The Morgan fingerprint density at radius 3 is 2.45 bits per heavy atom. The molecule has 0 heterocycles. The zero-order chi connectivity index (χ0) is 15.8. The van der Waals surface area contributed by atoms with Gasteiger partial charge in [-0.3, -0.25) is 0 Å². The molecule has 2 aromatic rings. The summed E-state index contributed by atoms with van der Waals surface area (Å²) >= 11 is 5.85. The van der Waals surface area contributed by atoms with Crippen molar-refractivity contribution in [2.24, 2.45) is 5.73 Å². The van der Waals surface area contributed by atoms with E-state index in [2.05, 4.69) is 31.2 Å². The Morgan fingerprint density at radius 2 is 1.77 bits per heavy atom. The van der Waals surface area contributed by atoms with Crippen LogP contribution >= 0.6 is 11.6 Å². The highest BCUT2D eigenvalue weighted by molar-refractivity contribution is 6.30. The van der Waals surface area contributed by atoms with Crippen LogP contribution in [0.25, 0.3) is 0 Å². The highest BCUT2D eigenvalue weighted by Gasteiger charge is 2.11. The van der Waals surface area contributed by atoms with Crippen LogP contribution in [0.4, 0.5) is 0 Å². The number of rotatable bonds is 8. The van der Waals surface area contributed by atoms with E-state index in [0.29, 0.717) is 12.5 Å². The van der Waals surface area contributed by atoms with Crippen molar-refractivity contribution in [3.63, 3.8) is 0 Å². The number of ether oxygens (including phenoxy) is 1. The summed E-state index contributed by atoms with van der Waals surface area (Å²) in [4.78, 5) is 0. The summed E-state index contributed by atoms with van der Waals surface area (Å²) in [5.74, 6) is 1.32. The van der Waals surface area contributed by atoms with Gasteiger partial charge in [-0.15, -0.1) is 0 Å². The van der Waals surface area contributed by atoms with Crippen molar-refractivity contribution in [3.05, 3.63) is 64.7 Å². The maximum atomic E-state index is 5.95. The first kappa shape index (κ1) is 16.9. The molecule has 22 heavy (non-hydrogen) atoms. The molecule has 2 rings (SSSR count). The van der Waals surface area contributed by atoms with Crippen LogP contribution in [0.2, 0.25) is 5.02 Å². The fraction of sp³-hybridized carbons (Fsp3) is 0.368. The number of nitrogens with two attached hydrogens (primary N) is 1. The largest absolute Gasteiger partial charge is 0.494 e. The predicted octanol–water partition coefficient (Wildman–Crippen LogP) is 4.94. The fourth-order valence-corrected chi connectivity index (χ4v) is 2.78. The van der Waals surface area contributed by atoms with Crippen molar-refractivity contribution >= 4 is 11.6 Å². The molecule has 0 radical (unpaired) electrons. The van der Waals surface area contributed by atoms with E-state index in [4.69, 9.17) is 22.1 Å². The molecule has 3 heteroatoms. The summed E-state index contributed by atoms with van der Waals surface area (Å²) in [5, 5.41) is 0.733. The number of hydrogen-bond acceptors (Lipinski definition) is 2. The first-order valence-electron chi connectivity index (χ1n) is 7.84. The first-order valence-corrected chi connectivity index (χ1v) is 8.22. The summed E-state index contributed by atoms with van der Waals surface area (Å²) in [6, 6.07) is 16.0. The number of aryl methyl sites for hydroxylation is 1. The molecule has 0 spiro atoms. The Labute approximate surface area is 138 Å². The van der Waals surface area contributed by atoms with E-state index in [1.54, 1.807) is 0 Å². The molecule has 0 saturated heterocycles.